The zero-order chi connectivity index (χ0) is 16.3. The Labute approximate surface area is 139 Å². The van der Waals surface area contributed by atoms with Gasteiger partial charge in [0.15, 0.2) is 0 Å². The fourth-order valence-electron chi connectivity index (χ4n) is 2.17. The van der Waals surface area contributed by atoms with Gasteiger partial charge in [0.25, 0.3) is 10.1 Å². The van der Waals surface area contributed by atoms with E-state index in [1.54, 1.807) is 12.1 Å². The van der Waals surface area contributed by atoms with Crippen molar-refractivity contribution in [1.29, 1.82) is 0 Å². The molecule has 1 rings (SSSR count). The summed E-state index contributed by atoms with van der Waals surface area (Å²) in [5.41, 5.74) is 0. The topological polar surface area (TPSA) is 63.6 Å². The number of thiol groups is 1. The molecule has 0 aliphatic heterocycles. The Morgan fingerprint density at radius 1 is 0.864 bits per heavy atom. The minimum absolute atomic E-state index is 0.113. The summed E-state index contributed by atoms with van der Waals surface area (Å²) in [6.45, 7) is 0.630. The molecule has 0 atom stereocenters. The normalized spacial score (nSPS) is 11.5. The van der Waals surface area contributed by atoms with Gasteiger partial charge in [-0.2, -0.15) is 21.0 Å². The number of hydrogen-bond donors (Lipinski definition) is 2. The SMILES string of the molecule is O=S(=O)(O)c1ccc(OCCCCCCCCCCS)cc1. The van der Waals surface area contributed by atoms with Gasteiger partial charge in [0.1, 0.15) is 5.75 Å². The summed E-state index contributed by atoms with van der Waals surface area (Å²) in [5, 5.41) is 0. The first-order valence-corrected chi connectivity index (χ1v) is 9.92. The highest BCUT2D eigenvalue weighted by molar-refractivity contribution is 7.85. The van der Waals surface area contributed by atoms with Gasteiger partial charge in [-0.25, -0.2) is 0 Å². The number of ether oxygens (including phenoxy) is 1. The van der Waals surface area contributed by atoms with Crippen molar-refractivity contribution in [2.45, 2.75) is 56.3 Å². The van der Waals surface area contributed by atoms with Crippen molar-refractivity contribution in [2.24, 2.45) is 0 Å². The van der Waals surface area contributed by atoms with Crippen molar-refractivity contribution in [2.75, 3.05) is 12.4 Å². The summed E-state index contributed by atoms with van der Waals surface area (Å²) < 4.78 is 36.2. The van der Waals surface area contributed by atoms with Gasteiger partial charge in [-0.1, -0.05) is 38.5 Å². The molecule has 1 N–H and O–H groups in total. The molecule has 0 radical (unpaired) electrons. The molecule has 0 unspecified atom stereocenters. The van der Waals surface area contributed by atoms with Crippen molar-refractivity contribution in [3.05, 3.63) is 24.3 Å². The van der Waals surface area contributed by atoms with Crippen LogP contribution >= 0.6 is 12.6 Å². The van der Waals surface area contributed by atoms with Crippen molar-refractivity contribution in [3.8, 4) is 5.75 Å². The molecule has 0 saturated carbocycles. The molecule has 0 saturated heterocycles. The molecular formula is C16H26O4S2. The first kappa shape index (κ1) is 19.3. The van der Waals surface area contributed by atoms with E-state index in [2.05, 4.69) is 12.6 Å². The van der Waals surface area contributed by atoms with Gasteiger partial charge >= 0.3 is 0 Å². The van der Waals surface area contributed by atoms with Crippen LogP contribution in [0.15, 0.2) is 29.2 Å². The molecule has 1 aromatic carbocycles. The lowest BCUT2D eigenvalue weighted by atomic mass is 10.1. The van der Waals surface area contributed by atoms with Crippen LogP contribution in [0.25, 0.3) is 0 Å². The van der Waals surface area contributed by atoms with Crippen LogP contribution in [0.3, 0.4) is 0 Å². The van der Waals surface area contributed by atoms with Gasteiger partial charge < -0.3 is 4.74 Å². The maximum atomic E-state index is 10.9. The largest absolute Gasteiger partial charge is 0.494 e. The van der Waals surface area contributed by atoms with Crippen LogP contribution in [0.4, 0.5) is 0 Å². The van der Waals surface area contributed by atoms with E-state index in [9.17, 15) is 8.42 Å². The van der Waals surface area contributed by atoms with Crippen LogP contribution in [-0.4, -0.2) is 25.3 Å². The Balaban J connectivity index is 2.05. The molecule has 0 spiro atoms. The molecule has 0 heterocycles. The Morgan fingerprint density at radius 3 is 1.86 bits per heavy atom. The Hall–Kier alpha value is -0.720. The van der Waals surface area contributed by atoms with Crippen molar-refractivity contribution < 1.29 is 17.7 Å². The molecule has 0 aromatic heterocycles. The lowest BCUT2D eigenvalue weighted by molar-refractivity contribution is 0.304. The van der Waals surface area contributed by atoms with Crippen LogP contribution in [0.1, 0.15) is 51.4 Å². The second-order valence-corrected chi connectivity index (χ2v) is 7.22. The first-order chi connectivity index (χ1) is 10.5. The van der Waals surface area contributed by atoms with E-state index in [0.29, 0.717) is 12.4 Å². The van der Waals surface area contributed by atoms with Gasteiger partial charge in [-0.3, -0.25) is 4.55 Å². The Kier molecular flexibility index (Phi) is 9.59. The number of benzene rings is 1. The summed E-state index contributed by atoms with van der Waals surface area (Å²) in [4.78, 5) is -0.113. The van der Waals surface area contributed by atoms with E-state index in [-0.39, 0.29) is 4.90 Å². The van der Waals surface area contributed by atoms with Crippen LogP contribution in [0.2, 0.25) is 0 Å². The molecule has 4 nitrogen and oxygen atoms in total. The van der Waals surface area contributed by atoms with E-state index < -0.39 is 10.1 Å². The highest BCUT2D eigenvalue weighted by Gasteiger charge is 2.08. The molecule has 6 heteroatoms. The Bertz CT molecular complexity index is 497. The minimum Gasteiger partial charge on any atom is -0.494 e. The summed E-state index contributed by atoms with van der Waals surface area (Å²) >= 11 is 4.20. The summed E-state index contributed by atoms with van der Waals surface area (Å²) in [6.07, 6.45) is 9.75. The van der Waals surface area contributed by atoms with Gasteiger partial charge in [-0.05, 0) is 42.9 Å². The van der Waals surface area contributed by atoms with E-state index >= 15 is 0 Å². The van der Waals surface area contributed by atoms with Crippen molar-refractivity contribution >= 4 is 22.7 Å². The van der Waals surface area contributed by atoms with Crippen LogP contribution in [-0.2, 0) is 10.1 Å². The van der Waals surface area contributed by atoms with Crippen molar-refractivity contribution in [3.63, 3.8) is 0 Å². The van der Waals surface area contributed by atoms with E-state index in [0.717, 1.165) is 18.6 Å². The van der Waals surface area contributed by atoms with Gasteiger partial charge in [-0.15, -0.1) is 0 Å². The molecule has 0 aliphatic carbocycles. The van der Waals surface area contributed by atoms with Crippen molar-refractivity contribution in [1.82, 2.24) is 0 Å². The molecule has 1 aromatic rings. The molecule has 22 heavy (non-hydrogen) atoms. The number of unbranched alkanes of at least 4 members (excludes halogenated alkanes) is 7. The lowest BCUT2D eigenvalue weighted by Crippen LogP contribution is -2.00. The van der Waals surface area contributed by atoms with E-state index in [4.69, 9.17) is 9.29 Å². The lowest BCUT2D eigenvalue weighted by Gasteiger charge is -2.06. The fourth-order valence-corrected chi connectivity index (χ4v) is 2.88. The zero-order valence-electron chi connectivity index (χ0n) is 12.9. The quantitative estimate of drug-likeness (QED) is 0.335. The predicted molar refractivity (Wildman–Crippen MR) is 92.5 cm³/mol. The number of rotatable bonds is 12. The standard InChI is InChI=1S/C16H26O4S2/c17-22(18,19)16-11-9-15(10-12-16)20-13-7-5-3-1-2-4-6-8-14-21/h9-12,21H,1-8,13-14H2,(H,17,18,19). The van der Waals surface area contributed by atoms with E-state index in [1.807, 2.05) is 0 Å². The Morgan fingerprint density at radius 2 is 1.36 bits per heavy atom. The monoisotopic (exact) mass is 346 g/mol. The van der Waals surface area contributed by atoms with Crippen LogP contribution in [0, 0.1) is 0 Å². The third-order valence-corrected chi connectivity index (χ3v) is 4.63. The predicted octanol–water partition coefficient (Wildman–Crippen LogP) is 4.36. The molecule has 0 amide bonds. The highest BCUT2D eigenvalue weighted by atomic mass is 32.2. The van der Waals surface area contributed by atoms with Gasteiger partial charge in [0.05, 0.1) is 11.5 Å². The molecular weight excluding hydrogens is 320 g/mol. The second kappa shape index (κ2) is 10.9. The average Bonchev–Trinajstić information content (AvgIpc) is 2.49. The fraction of sp³-hybridized carbons (Fsp3) is 0.625. The maximum absolute atomic E-state index is 10.9. The van der Waals surface area contributed by atoms with Crippen LogP contribution in [0.5, 0.6) is 5.75 Å². The maximum Gasteiger partial charge on any atom is 0.294 e. The smallest absolute Gasteiger partial charge is 0.294 e. The molecule has 0 fully saturated rings. The van der Waals surface area contributed by atoms with Gasteiger partial charge in [0.2, 0.25) is 0 Å². The number of hydrogen-bond acceptors (Lipinski definition) is 4. The average molecular weight is 347 g/mol. The molecule has 0 aliphatic rings. The zero-order valence-corrected chi connectivity index (χ0v) is 14.6. The summed E-state index contributed by atoms with van der Waals surface area (Å²) in [5.74, 6) is 1.61. The molecule has 0 bridgehead atoms. The third kappa shape index (κ3) is 8.66. The highest BCUT2D eigenvalue weighted by Crippen LogP contribution is 2.16. The first-order valence-electron chi connectivity index (χ1n) is 7.85. The second-order valence-electron chi connectivity index (χ2n) is 5.35. The summed E-state index contributed by atoms with van der Waals surface area (Å²) in [6, 6.07) is 5.81. The van der Waals surface area contributed by atoms with Crippen LogP contribution < -0.4 is 4.74 Å². The van der Waals surface area contributed by atoms with Gasteiger partial charge in [0, 0.05) is 0 Å². The minimum atomic E-state index is -4.12. The summed E-state index contributed by atoms with van der Waals surface area (Å²) in [7, 11) is -4.12. The molecule has 126 valence electrons. The third-order valence-electron chi connectivity index (χ3n) is 3.44. The van der Waals surface area contributed by atoms with E-state index in [1.165, 1.54) is 50.7 Å².